The third-order valence-corrected chi connectivity index (χ3v) is 3.41. The number of nitrogens with zero attached hydrogens (tertiary/aromatic N) is 1. The molecule has 0 atom stereocenters. The Hall–Kier alpha value is -2.24. The zero-order valence-electron chi connectivity index (χ0n) is 13.2. The van der Waals surface area contributed by atoms with Gasteiger partial charge in [0.25, 0.3) is 0 Å². The zero-order valence-corrected chi connectivity index (χ0v) is 14.0. The Kier molecular flexibility index (Phi) is 7.23. The molecule has 23 heavy (non-hydrogen) atoms. The van der Waals surface area contributed by atoms with Gasteiger partial charge in [0.1, 0.15) is 0 Å². The van der Waals surface area contributed by atoms with E-state index in [2.05, 4.69) is 15.8 Å². The first-order valence-electron chi connectivity index (χ1n) is 7.52. The van der Waals surface area contributed by atoms with Crippen LogP contribution in [0.3, 0.4) is 0 Å². The minimum absolute atomic E-state index is 0.505. The van der Waals surface area contributed by atoms with Gasteiger partial charge in [0.05, 0.1) is 5.71 Å². The summed E-state index contributed by atoms with van der Waals surface area (Å²) >= 11 is 5.25. The predicted octanol–water partition coefficient (Wildman–Crippen LogP) is 2.94. The molecule has 0 bridgehead atoms. The number of nitrogens with one attached hydrogen (secondary N) is 2. The van der Waals surface area contributed by atoms with Crippen LogP contribution in [-0.2, 0) is 4.74 Å². The summed E-state index contributed by atoms with van der Waals surface area (Å²) in [5.41, 5.74) is 5.85. The lowest BCUT2D eigenvalue weighted by Crippen LogP contribution is -2.33. The first-order chi connectivity index (χ1) is 11.3. The molecule has 2 N–H and O–H groups in total. The molecule has 0 saturated carbocycles. The first-order valence-corrected chi connectivity index (χ1v) is 7.93. The van der Waals surface area contributed by atoms with Crippen LogP contribution in [0.5, 0.6) is 0 Å². The van der Waals surface area contributed by atoms with E-state index in [1.807, 2.05) is 60.7 Å². The molecular formula is C18H21N3OS. The minimum Gasteiger partial charge on any atom is -0.385 e. The topological polar surface area (TPSA) is 45.6 Å². The second-order valence-electron chi connectivity index (χ2n) is 4.91. The molecule has 2 aromatic carbocycles. The van der Waals surface area contributed by atoms with E-state index in [0.717, 1.165) is 29.8 Å². The summed E-state index contributed by atoms with van der Waals surface area (Å²) in [5, 5.41) is 8.11. The van der Waals surface area contributed by atoms with Crippen LogP contribution in [0.4, 0.5) is 0 Å². The Balaban J connectivity index is 2.07. The molecule has 0 aromatic heterocycles. The highest BCUT2D eigenvalue weighted by atomic mass is 32.1. The maximum absolute atomic E-state index is 5.25. The number of benzene rings is 2. The second kappa shape index (κ2) is 9.71. The van der Waals surface area contributed by atoms with Gasteiger partial charge in [-0.2, -0.15) is 5.10 Å². The Morgan fingerprint density at radius 2 is 1.57 bits per heavy atom. The van der Waals surface area contributed by atoms with Gasteiger partial charge < -0.3 is 10.1 Å². The number of thiocarbonyl (C=S) groups is 1. The third kappa shape index (κ3) is 5.81. The number of hydrogen-bond donors (Lipinski definition) is 2. The molecule has 0 unspecified atom stereocenters. The smallest absolute Gasteiger partial charge is 0.186 e. The van der Waals surface area contributed by atoms with Crippen LogP contribution in [0.25, 0.3) is 0 Å². The van der Waals surface area contributed by atoms with Gasteiger partial charge in [0.2, 0.25) is 0 Å². The van der Waals surface area contributed by atoms with Gasteiger partial charge in [-0.05, 0) is 18.6 Å². The van der Waals surface area contributed by atoms with Crippen molar-refractivity contribution in [1.29, 1.82) is 0 Å². The van der Waals surface area contributed by atoms with Crippen molar-refractivity contribution in [2.24, 2.45) is 5.10 Å². The fourth-order valence-corrected chi connectivity index (χ4v) is 2.20. The van der Waals surface area contributed by atoms with Crippen LogP contribution >= 0.6 is 12.2 Å². The van der Waals surface area contributed by atoms with Crippen molar-refractivity contribution >= 4 is 23.0 Å². The third-order valence-electron chi connectivity index (χ3n) is 3.17. The lowest BCUT2D eigenvalue weighted by atomic mass is 10.0. The lowest BCUT2D eigenvalue weighted by molar-refractivity contribution is 0.195. The monoisotopic (exact) mass is 327 g/mol. The van der Waals surface area contributed by atoms with E-state index in [0.29, 0.717) is 11.7 Å². The Morgan fingerprint density at radius 3 is 2.09 bits per heavy atom. The number of hydrazone groups is 1. The molecule has 0 spiro atoms. The van der Waals surface area contributed by atoms with Gasteiger partial charge in [-0.3, -0.25) is 5.43 Å². The highest BCUT2D eigenvalue weighted by Gasteiger charge is 2.06. The molecule has 2 rings (SSSR count). The van der Waals surface area contributed by atoms with Crippen molar-refractivity contribution in [1.82, 2.24) is 10.7 Å². The van der Waals surface area contributed by atoms with E-state index >= 15 is 0 Å². The van der Waals surface area contributed by atoms with Crippen molar-refractivity contribution in [3.63, 3.8) is 0 Å². The van der Waals surface area contributed by atoms with Crippen LogP contribution < -0.4 is 10.7 Å². The van der Waals surface area contributed by atoms with E-state index in [1.54, 1.807) is 7.11 Å². The Labute approximate surface area is 142 Å². The summed E-state index contributed by atoms with van der Waals surface area (Å²) in [5.74, 6) is 0. The quantitative estimate of drug-likeness (QED) is 0.355. The largest absolute Gasteiger partial charge is 0.385 e. The fourth-order valence-electron chi connectivity index (χ4n) is 2.05. The maximum atomic E-state index is 5.25. The van der Waals surface area contributed by atoms with Crippen LogP contribution in [-0.4, -0.2) is 31.1 Å². The van der Waals surface area contributed by atoms with Gasteiger partial charge in [0, 0.05) is 31.4 Å². The molecule has 0 fully saturated rings. The molecule has 0 radical (unpaired) electrons. The van der Waals surface area contributed by atoms with Crippen LogP contribution in [0.15, 0.2) is 65.8 Å². The van der Waals surface area contributed by atoms with Gasteiger partial charge in [-0.25, -0.2) is 0 Å². The second-order valence-corrected chi connectivity index (χ2v) is 5.31. The molecule has 0 heterocycles. The van der Waals surface area contributed by atoms with Crippen molar-refractivity contribution in [2.75, 3.05) is 20.3 Å². The number of rotatable bonds is 7. The molecule has 5 heteroatoms. The van der Waals surface area contributed by atoms with E-state index in [1.165, 1.54) is 0 Å². The SMILES string of the molecule is COCCCNC(=S)NN=C(c1ccccc1)c1ccccc1. The molecular weight excluding hydrogens is 306 g/mol. The average Bonchev–Trinajstić information content (AvgIpc) is 2.61. The zero-order chi connectivity index (χ0) is 16.3. The Bertz CT molecular complexity index is 588. The van der Waals surface area contributed by atoms with Crippen molar-refractivity contribution in [3.8, 4) is 0 Å². The van der Waals surface area contributed by atoms with Crippen LogP contribution in [0, 0.1) is 0 Å². The van der Waals surface area contributed by atoms with E-state index in [4.69, 9.17) is 17.0 Å². The van der Waals surface area contributed by atoms with Crippen molar-refractivity contribution in [2.45, 2.75) is 6.42 Å². The Morgan fingerprint density at radius 1 is 1.00 bits per heavy atom. The van der Waals surface area contributed by atoms with E-state index in [-0.39, 0.29) is 0 Å². The minimum atomic E-state index is 0.505. The average molecular weight is 327 g/mol. The molecule has 0 amide bonds. The molecule has 0 saturated heterocycles. The normalized spacial score (nSPS) is 9.96. The van der Waals surface area contributed by atoms with Crippen LogP contribution in [0.2, 0.25) is 0 Å². The summed E-state index contributed by atoms with van der Waals surface area (Å²) in [7, 11) is 1.69. The predicted molar refractivity (Wildman–Crippen MR) is 98.8 cm³/mol. The van der Waals surface area contributed by atoms with Crippen LogP contribution in [0.1, 0.15) is 17.5 Å². The highest BCUT2D eigenvalue weighted by Crippen LogP contribution is 2.10. The maximum Gasteiger partial charge on any atom is 0.186 e. The summed E-state index contributed by atoms with van der Waals surface area (Å²) in [6, 6.07) is 20.1. The van der Waals surface area contributed by atoms with Gasteiger partial charge in [0.15, 0.2) is 5.11 Å². The summed E-state index contributed by atoms with van der Waals surface area (Å²) < 4.78 is 5.01. The number of hydrogen-bond acceptors (Lipinski definition) is 3. The first kappa shape index (κ1) is 17.1. The molecule has 120 valence electrons. The highest BCUT2D eigenvalue weighted by molar-refractivity contribution is 7.80. The molecule has 0 aliphatic rings. The number of methoxy groups -OCH3 is 1. The molecule has 4 nitrogen and oxygen atoms in total. The lowest BCUT2D eigenvalue weighted by Gasteiger charge is -2.10. The summed E-state index contributed by atoms with van der Waals surface area (Å²) in [6.07, 6.45) is 0.895. The molecule has 2 aromatic rings. The fraction of sp³-hybridized carbons (Fsp3) is 0.222. The number of ether oxygens (including phenoxy) is 1. The van der Waals surface area contributed by atoms with E-state index in [9.17, 15) is 0 Å². The summed E-state index contributed by atoms with van der Waals surface area (Å²) in [4.78, 5) is 0. The van der Waals surface area contributed by atoms with Gasteiger partial charge >= 0.3 is 0 Å². The van der Waals surface area contributed by atoms with E-state index < -0.39 is 0 Å². The summed E-state index contributed by atoms with van der Waals surface area (Å²) in [6.45, 7) is 1.46. The van der Waals surface area contributed by atoms with Crippen molar-refractivity contribution in [3.05, 3.63) is 71.8 Å². The molecule has 0 aliphatic heterocycles. The van der Waals surface area contributed by atoms with Gasteiger partial charge in [-0.15, -0.1) is 0 Å². The van der Waals surface area contributed by atoms with Crippen molar-refractivity contribution < 1.29 is 4.74 Å². The molecule has 0 aliphatic carbocycles. The standard InChI is InChI=1S/C18H21N3OS/c1-22-14-8-13-19-18(23)21-20-17(15-9-4-2-5-10-15)16-11-6-3-7-12-16/h2-7,9-12H,8,13-14H2,1H3,(H2,19,21,23). The van der Waals surface area contributed by atoms with Gasteiger partial charge in [-0.1, -0.05) is 60.7 Å².